The fourth-order valence-corrected chi connectivity index (χ4v) is 3.34. The average molecular weight is 486 g/mol. The Hall–Kier alpha value is -1.64. The molecule has 0 bridgehead atoms. The molecule has 0 saturated heterocycles. The molecule has 0 radical (unpaired) electrons. The Morgan fingerprint density at radius 3 is 2.67 bits per heavy atom. The van der Waals surface area contributed by atoms with Crippen molar-refractivity contribution in [3.8, 4) is 0 Å². The van der Waals surface area contributed by atoms with Crippen LogP contribution >= 0.6 is 24.0 Å². The Balaban J connectivity index is 0.00000261. The molecule has 1 aromatic carbocycles. The molecule has 1 heterocycles. The van der Waals surface area contributed by atoms with Gasteiger partial charge in [0.1, 0.15) is 11.6 Å². The van der Waals surface area contributed by atoms with Gasteiger partial charge in [0.05, 0.1) is 5.69 Å². The molecule has 7 heteroatoms. The minimum absolute atomic E-state index is 0. The van der Waals surface area contributed by atoms with Gasteiger partial charge in [0, 0.05) is 31.1 Å². The summed E-state index contributed by atoms with van der Waals surface area (Å²) in [5.74, 6) is 1.51. The van der Waals surface area contributed by atoms with Gasteiger partial charge in [-0.15, -0.1) is 24.0 Å². The summed E-state index contributed by atoms with van der Waals surface area (Å²) in [5.41, 5.74) is 3.27. The topological polar surface area (TPSA) is 62.5 Å². The van der Waals surface area contributed by atoms with Gasteiger partial charge in [-0.1, -0.05) is 17.3 Å². The maximum Gasteiger partial charge on any atom is 0.191 e. The summed E-state index contributed by atoms with van der Waals surface area (Å²) in [4.78, 5) is 4.29. The normalized spacial score (nSPS) is 15.2. The average Bonchev–Trinajstić information content (AvgIpc) is 3.36. The van der Waals surface area contributed by atoms with E-state index in [9.17, 15) is 4.39 Å². The van der Waals surface area contributed by atoms with Gasteiger partial charge < -0.3 is 15.2 Å². The highest BCUT2D eigenvalue weighted by Crippen LogP contribution is 2.47. The summed E-state index contributed by atoms with van der Waals surface area (Å²) in [6.45, 7) is 5.50. The first kappa shape index (κ1) is 21.7. The lowest BCUT2D eigenvalue weighted by atomic mass is 9.96. The smallest absolute Gasteiger partial charge is 0.191 e. The van der Waals surface area contributed by atoms with E-state index in [4.69, 9.17) is 4.52 Å². The van der Waals surface area contributed by atoms with Gasteiger partial charge in [-0.2, -0.15) is 0 Å². The molecule has 27 heavy (non-hydrogen) atoms. The summed E-state index contributed by atoms with van der Waals surface area (Å²) < 4.78 is 18.7. The number of nitrogens with zero attached hydrogens (tertiary/aromatic N) is 2. The minimum atomic E-state index is -0.171. The minimum Gasteiger partial charge on any atom is -0.361 e. The van der Waals surface area contributed by atoms with E-state index in [1.807, 2.05) is 19.9 Å². The lowest BCUT2D eigenvalue weighted by molar-refractivity contribution is 0.392. The molecule has 2 N–H and O–H groups in total. The standard InChI is InChI=1S/C20H27FN4O.HI/c1-14-18(15(2)26-25-14)8-5-11-23-19(22-3)24-13-20(9-10-20)16-6-4-7-17(21)12-16;/h4,6-7,12H,5,8-11,13H2,1-3H3,(H2,22,23,24);1H. The second kappa shape index (κ2) is 9.52. The zero-order valence-corrected chi connectivity index (χ0v) is 18.5. The summed E-state index contributed by atoms with van der Waals surface area (Å²) in [6, 6.07) is 6.94. The van der Waals surface area contributed by atoms with Crippen molar-refractivity contribution >= 4 is 29.9 Å². The number of hydrogen-bond acceptors (Lipinski definition) is 3. The number of nitrogens with one attached hydrogen (secondary N) is 2. The highest BCUT2D eigenvalue weighted by Gasteiger charge is 2.44. The van der Waals surface area contributed by atoms with Crippen molar-refractivity contribution < 1.29 is 8.91 Å². The third-order valence-corrected chi connectivity index (χ3v) is 5.19. The van der Waals surface area contributed by atoms with Crippen molar-refractivity contribution in [1.82, 2.24) is 15.8 Å². The Kier molecular flexibility index (Phi) is 7.64. The molecule has 1 aliphatic rings. The molecule has 2 aromatic rings. The molecule has 1 fully saturated rings. The molecule has 5 nitrogen and oxygen atoms in total. The van der Waals surface area contributed by atoms with Gasteiger partial charge in [0.15, 0.2) is 5.96 Å². The molecule has 1 aliphatic carbocycles. The van der Waals surface area contributed by atoms with Crippen LogP contribution in [-0.4, -0.2) is 31.3 Å². The largest absolute Gasteiger partial charge is 0.361 e. The first-order valence-corrected chi connectivity index (χ1v) is 9.16. The zero-order chi connectivity index (χ0) is 18.6. The molecule has 1 saturated carbocycles. The Morgan fingerprint density at radius 2 is 2.07 bits per heavy atom. The predicted octanol–water partition coefficient (Wildman–Crippen LogP) is 3.88. The van der Waals surface area contributed by atoms with Crippen molar-refractivity contribution in [2.75, 3.05) is 20.1 Å². The van der Waals surface area contributed by atoms with Gasteiger partial charge in [0.2, 0.25) is 0 Å². The molecule has 0 atom stereocenters. The Bertz CT molecular complexity index is 767. The van der Waals surface area contributed by atoms with Crippen LogP contribution in [0.3, 0.4) is 0 Å². The molecule has 0 unspecified atom stereocenters. The van der Waals surface area contributed by atoms with E-state index in [0.717, 1.165) is 61.7 Å². The van der Waals surface area contributed by atoms with Crippen molar-refractivity contribution in [2.45, 2.75) is 44.9 Å². The number of benzene rings is 1. The molecular formula is C20H28FIN4O. The number of halogens is 2. The first-order chi connectivity index (χ1) is 12.5. The number of rotatable bonds is 7. The van der Waals surface area contributed by atoms with Crippen LogP contribution in [-0.2, 0) is 11.8 Å². The molecule has 148 valence electrons. The molecular weight excluding hydrogens is 458 g/mol. The molecule has 3 rings (SSSR count). The van der Waals surface area contributed by atoms with E-state index in [2.05, 4.69) is 20.8 Å². The highest BCUT2D eigenvalue weighted by atomic mass is 127. The molecule has 0 amide bonds. The maximum atomic E-state index is 13.5. The molecule has 0 aliphatic heterocycles. The van der Waals surface area contributed by atoms with Gasteiger partial charge in [-0.3, -0.25) is 4.99 Å². The number of aromatic nitrogens is 1. The van der Waals surface area contributed by atoms with E-state index in [0.29, 0.717) is 0 Å². The van der Waals surface area contributed by atoms with Crippen LogP contribution in [0.4, 0.5) is 4.39 Å². The third-order valence-electron chi connectivity index (χ3n) is 5.19. The summed E-state index contributed by atoms with van der Waals surface area (Å²) in [5, 5.41) is 10.7. The van der Waals surface area contributed by atoms with Crippen LogP contribution in [0.25, 0.3) is 0 Å². The van der Waals surface area contributed by atoms with E-state index < -0.39 is 0 Å². The number of aliphatic imine (C=N–C) groups is 1. The Morgan fingerprint density at radius 1 is 1.30 bits per heavy atom. The van der Waals surface area contributed by atoms with E-state index in [-0.39, 0.29) is 35.2 Å². The molecule has 0 spiro atoms. The molecule has 1 aromatic heterocycles. The van der Waals surface area contributed by atoms with Crippen LogP contribution in [0.1, 0.15) is 41.8 Å². The van der Waals surface area contributed by atoms with E-state index in [1.54, 1.807) is 19.2 Å². The highest BCUT2D eigenvalue weighted by molar-refractivity contribution is 14.0. The fraction of sp³-hybridized carbons (Fsp3) is 0.500. The van der Waals surface area contributed by atoms with Crippen LogP contribution in [0.15, 0.2) is 33.8 Å². The summed E-state index contributed by atoms with van der Waals surface area (Å²) >= 11 is 0. The van der Waals surface area contributed by atoms with Gasteiger partial charge in [-0.05, 0) is 57.2 Å². The number of hydrogen-bond donors (Lipinski definition) is 2. The van der Waals surface area contributed by atoms with E-state index >= 15 is 0 Å². The van der Waals surface area contributed by atoms with Crippen LogP contribution < -0.4 is 10.6 Å². The lowest BCUT2D eigenvalue weighted by Crippen LogP contribution is -2.41. The van der Waals surface area contributed by atoms with Gasteiger partial charge in [-0.25, -0.2) is 4.39 Å². The van der Waals surface area contributed by atoms with Crippen LogP contribution in [0, 0.1) is 19.7 Å². The second-order valence-corrected chi connectivity index (χ2v) is 7.05. The van der Waals surface area contributed by atoms with Gasteiger partial charge >= 0.3 is 0 Å². The van der Waals surface area contributed by atoms with Crippen molar-refractivity contribution in [1.29, 1.82) is 0 Å². The summed E-state index contributed by atoms with van der Waals surface area (Å²) in [7, 11) is 1.77. The maximum absolute atomic E-state index is 13.5. The van der Waals surface area contributed by atoms with Crippen LogP contribution in [0.5, 0.6) is 0 Å². The quantitative estimate of drug-likeness (QED) is 0.270. The van der Waals surface area contributed by atoms with Gasteiger partial charge in [0.25, 0.3) is 0 Å². The zero-order valence-electron chi connectivity index (χ0n) is 16.1. The summed E-state index contributed by atoms with van der Waals surface area (Å²) in [6.07, 6.45) is 4.05. The van der Waals surface area contributed by atoms with E-state index in [1.165, 1.54) is 11.6 Å². The SMILES string of the molecule is CN=C(NCCCc1c(C)noc1C)NCC1(c2cccc(F)c2)CC1.I. The number of aryl methyl sites for hydroxylation is 2. The number of guanidine groups is 1. The van der Waals surface area contributed by atoms with Crippen molar-refractivity contribution in [2.24, 2.45) is 4.99 Å². The lowest BCUT2D eigenvalue weighted by Gasteiger charge is -2.19. The van der Waals surface area contributed by atoms with Crippen molar-refractivity contribution in [3.63, 3.8) is 0 Å². The first-order valence-electron chi connectivity index (χ1n) is 9.16. The van der Waals surface area contributed by atoms with Crippen molar-refractivity contribution in [3.05, 3.63) is 52.7 Å². The third kappa shape index (κ3) is 5.43. The predicted molar refractivity (Wildman–Crippen MR) is 116 cm³/mol. The monoisotopic (exact) mass is 486 g/mol. The van der Waals surface area contributed by atoms with Crippen LogP contribution in [0.2, 0.25) is 0 Å². The fourth-order valence-electron chi connectivity index (χ4n) is 3.34. The Labute approximate surface area is 177 Å². The second-order valence-electron chi connectivity index (χ2n) is 7.05.